The quantitative estimate of drug-likeness (QED) is 0.594. The maximum atomic E-state index is 13.6. The first-order valence-electron chi connectivity index (χ1n) is 9.03. The largest absolute Gasteiger partial charge is 0.370 e. The third-order valence-electron chi connectivity index (χ3n) is 4.32. The summed E-state index contributed by atoms with van der Waals surface area (Å²) < 4.78 is 41.0. The molecule has 3 rings (SSSR count). The van der Waals surface area contributed by atoms with Gasteiger partial charge in [-0.2, -0.15) is 0 Å². The van der Waals surface area contributed by atoms with Gasteiger partial charge in [-0.05, 0) is 54.3 Å². The number of aryl methyl sites for hydroxylation is 1. The number of anilines is 2. The third-order valence-corrected chi connectivity index (χ3v) is 5.71. The Balaban J connectivity index is 1.58. The van der Waals surface area contributed by atoms with E-state index in [0.29, 0.717) is 30.0 Å². The highest BCUT2D eigenvalue weighted by atomic mass is 32.2. The summed E-state index contributed by atoms with van der Waals surface area (Å²) in [6.07, 6.45) is 2.82. The van der Waals surface area contributed by atoms with Crippen LogP contribution in [0.5, 0.6) is 0 Å². The fraction of sp³-hybridized carbons (Fsp3) is 0.190. The topological polar surface area (TPSA) is 71.1 Å². The number of rotatable bonds is 8. The molecule has 0 radical (unpaired) electrons. The van der Waals surface area contributed by atoms with Crippen molar-refractivity contribution in [2.75, 3.05) is 16.6 Å². The third kappa shape index (κ3) is 5.07. The van der Waals surface area contributed by atoms with Gasteiger partial charge in [0.1, 0.15) is 11.6 Å². The first-order chi connectivity index (χ1) is 13.5. The number of sulfonamides is 1. The summed E-state index contributed by atoms with van der Waals surface area (Å²) in [5.74, 6) is 0.362. The zero-order valence-electron chi connectivity index (χ0n) is 15.5. The molecular formula is C21H22FN3O2S. The van der Waals surface area contributed by atoms with E-state index in [2.05, 4.69) is 15.0 Å². The van der Waals surface area contributed by atoms with Crippen molar-refractivity contribution in [3.05, 3.63) is 83.8 Å². The summed E-state index contributed by atoms with van der Waals surface area (Å²) >= 11 is 0. The smallest absolute Gasteiger partial charge is 0.261 e. The molecule has 28 heavy (non-hydrogen) atoms. The van der Waals surface area contributed by atoms with Crippen molar-refractivity contribution in [1.82, 2.24) is 4.98 Å². The number of hydrogen-bond donors (Lipinski definition) is 2. The number of nitrogens with zero attached hydrogens (tertiary/aromatic N) is 1. The van der Waals surface area contributed by atoms with Crippen LogP contribution >= 0.6 is 0 Å². The summed E-state index contributed by atoms with van der Waals surface area (Å²) in [6.45, 7) is 2.53. The van der Waals surface area contributed by atoms with Crippen LogP contribution in [0.2, 0.25) is 0 Å². The number of benzene rings is 2. The number of hydrogen-bond acceptors (Lipinski definition) is 4. The van der Waals surface area contributed by atoms with Crippen LogP contribution in [-0.2, 0) is 22.9 Å². The average molecular weight is 399 g/mol. The van der Waals surface area contributed by atoms with Crippen LogP contribution in [0.15, 0.2) is 71.8 Å². The molecule has 2 aromatic carbocycles. The van der Waals surface area contributed by atoms with E-state index in [-0.39, 0.29) is 10.7 Å². The molecule has 0 atom stereocenters. The van der Waals surface area contributed by atoms with E-state index in [0.717, 1.165) is 12.0 Å². The Morgan fingerprint density at radius 3 is 2.39 bits per heavy atom. The first-order valence-corrected chi connectivity index (χ1v) is 10.5. The van der Waals surface area contributed by atoms with Crippen LogP contribution in [0.4, 0.5) is 15.9 Å². The lowest BCUT2D eigenvalue weighted by Gasteiger charge is -2.10. The summed E-state index contributed by atoms with van der Waals surface area (Å²) in [6, 6.07) is 16.7. The standard InChI is InChI=1S/C21H22FN3O2S/c1-2-16-7-10-19(11-8-16)28(26,27)25-18-9-12-21(24-15-18)23-14-13-17-5-3-4-6-20(17)22/h3-12,15,25H,2,13-14H2,1H3,(H,23,24). The van der Waals surface area contributed by atoms with Crippen molar-refractivity contribution in [3.8, 4) is 0 Å². The van der Waals surface area contributed by atoms with Gasteiger partial charge in [-0.25, -0.2) is 17.8 Å². The molecule has 0 aliphatic heterocycles. The molecule has 1 heterocycles. The monoisotopic (exact) mass is 399 g/mol. The minimum absolute atomic E-state index is 0.205. The van der Waals surface area contributed by atoms with Crippen LogP contribution in [0.3, 0.4) is 0 Å². The highest BCUT2D eigenvalue weighted by Crippen LogP contribution is 2.17. The number of halogens is 1. The Kier molecular flexibility index (Phi) is 6.26. The van der Waals surface area contributed by atoms with E-state index in [1.807, 2.05) is 6.92 Å². The maximum absolute atomic E-state index is 13.6. The Morgan fingerprint density at radius 1 is 1.00 bits per heavy atom. The highest BCUT2D eigenvalue weighted by molar-refractivity contribution is 7.92. The molecule has 0 saturated heterocycles. The number of pyridine rings is 1. The van der Waals surface area contributed by atoms with Crippen molar-refractivity contribution in [3.63, 3.8) is 0 Å². The first kappa shape index (κ1) is 19.8. The van der Waals surface area contributed by atoms with Gasteiger partial charge in [-0.3, -0.25) is 4.72 Å². The summed E-state index contributed by atoms with van der Waals surface area (Å²) in [5.41, 5.74) is 2.08. The molecule has 0 aliphatic carbocycles. The molecule has 5 nitrogen and oxygen atoms in total. The zero-order valence-corrected chi connectivity index (χ0v) is 16.3. The van der Waals surface area contributed by atoms with Crippen molar-refractivity contribution in [2.45, 2.75) is 24.7 Å². The molecule has 0 saturated carbocycles. The second-order valence-corrected chi connectivity index (χ2v) is 7.99. The van der Waals surface area contributed by atoms with Gasteiger partial charge < -0.3 is 5.32 Å². The number of nitrogens with one attached hydrogen (secondary N) is 2. The lowest BCUT2D eigenvalue weighted by Crippen LogP contribution is -2.13. The van der Waals surface area contributed by atoms with Gasteiger partial charge >= 0.3 is 0 Å². The minimum Gasteiger partial charge on any atom is -0.370 e. The second kappa shape index (κ2) is 8.84. The predicted octanol–water partition coefficient (Wildman–Crippen LogP) is 4.24. The summed E-state index contributed by atoms with van der Waals surface area (Å²) in [4.78, 5) is 4.41. The molecule has 3 aromatic rings. The Labute approximate surface area is 164 Å². The highest BCUT2D eigenvalue weighted by Gasteiger charge is 2.14. The molecule has 2 N–H and O–H groups in total. The van der Waals surface area contributed by atoms with Gasteiger partial charge in [0.15, 0.2) is 0 Å². The molecule has 0 spiro atoms. The van der Waals surface area contributed by atoms with E-state index >= 15 is 0 Å². The van der Waals surface area contributed by atoms with Crippen molar-refractivity contribution in [1.29, 1.82) is 0 Å². The molecule has 146 valence electrons. The van der Waals surface area contributed by atoms with Crippen LogP contribution in [0, 0.1) is 5.82 Å². The average Bonchev–Trinajstić information content (AvgIpc) is 2.70. The predicted molar refractivity (Wildman–Crippen MR) is 109 cm³/mol. The van der Waals surface area contributed by atoms with E-state index < -0.39 is 10.0 Å². The van der Waals surface area contributed by atoms with Gasteiger partial charge in [0.2, 0.25) is 0 Å². The lowest BCUT2D eigenvalue weighted by molar-refractivity contribution is 0.601. The molecule has 7 heteroatoms. The van der Waals surface area contributed by atoms with E-state index in [1.54, 1.807) is 54.6 Å². The Bertz CT molecular complexity index is 1020. The van der Waals surface area contributed by atoms with Gasteiger partial charge in [0.25, 0.3) is 10.0 Å². The Hall–Kier alpha value is -2.93. The Morgan fingerprint density at radius 2 is 1.75 bits per heavy atom. The van der Waals surface area contributed by atoms with Crippen molar-refractivity contribution < 1.29 is 12.8 Å². The fourth-order valence-corrected chi connectivity index (χ4v) is 3.75. The van der Waals surface area contributed by atoms with Gasteiger partial charge in [0.05, 0.1) is 16.8 Å². The molecule has 0 unspecified atom stereocenters. The SMILES string of the molecule is CCc1ccc(S(=O)(=O)Nc2ccc(NCCc3ccccc3F)nc2)cc1. The van der Waals surface area contributed by atoms with Crippen LogP contribution in [-0.4, -0.2) is 19.9 Å². The van der Waals surface area contributed by atoms with Gasteiger partial charge in [-0.15, -0.1) is 0 Å². The van der Waals surface area contributed by atoms with Gasteiger partial charge in [-0.1, -0.05) is 37.3 Å². The molecular weight excluding hydrogens is 377 g/mol. The van der Waals surface area contributed by atoms with E-state index in [9.17, 15) is 12.8 Å². The fourth-order valence-electron chi connectivity index (χ4n) is 2.70. The van der Waals surface area contributed by atoms with Crippen molar-refractivity contribution >= 4 is 21.5 Å². The number of aromatic nitrogens is 1. The van der Waals surface area contributed by atoms with Crippen LogP contribution in [0.1, 0.15) is 18.1 Å². The van der Waals surface area contributed by atoms with Crippen LogP contribution < -0.4 is 10.0 Å². The molecule has 0 bridgehead atoms. The lowest BCUT2D eigenvalue weighted by atomic mass is 10.1. The van der Waals surface area contributed by atoms with E-state index in [4.69, 9.17) is 0 Å². The van der Waals surface area contributed by atoms with Gasteiger partial charge in [0, 0.05) is 6.54 Å². The normalized spacial score (nSPS) is 11.2. The molecule has 0 aliphatic rings. The minimum atomic E-state index is -3.66. The second-order valence-electron chi connectivity index (χ2n) is 6.30. The molecule has 0 fully saturated rings. The van der Waals surface area contributed by atoms with Crippen LogP contribution in [0.25, 0.3) is 0 Å². The maximum Gasteiger partial charge on any atom is 0.261 e. The zero-order chi connectivity index (χ0) is 20.0. The molecule has 0 amide bonds. The summed E-state index contributed by atoms with van der Waals surface area (Å²) in [7, 11) is -3.66. The summed E-state index contributed by atoms with van der Waals surface area (Å²) in [5, 5.41) is 3.10. The molecule has 1 aromatic heterocycles. The van der Waals surface area contributed by atoms with E-state index in [1.165, 1.54) is 12.3 Å². The van der Waals surface area contributed by atoms with Crippen molar-refractivity contribution in [2.24, 2.45) is 0 Å².